The molecule has 1 aliphatic carbocycles. The van der Waals surface area contributed by atoms with Crippen molar-refractivity contribution in [3.8, 4) is 0 Å². The van der Waals surface area contributed by atoms with Crippen molar-refractivity contribution in [3.63, 3.8) is 0 Å². The number of imidazole rings is 1. The topological polar surface area (TPSA) is 39.8 Å². The van der Waals surface area contributed by atoms with Crippen LogP contribution < -0.4 is 5.69 Å². The first-order chi connectivity index (χ1) is 11.2. The number of hydrogen-bond donors (Lipinski definition) is 0. The van der Waals surface area contributed by atoms with Crippen LogP contribution in [0.1, 0.15) is 37.3 Å². The molecule has 4 nitrogen and oxygen atoms in total. The van der Waals surface area contributed by atoms with Crippen molar-refractivity contribution in [2.75, 3.05) is 0 Å². The van der Waals surface area contributed by atoms with E-state index >= 15 is 0 Å². The lowest BCUT2D eigenvalue weighted by Gasteiger charge is -2.11. The van der Waals surface area contributed by atoms with Gasteiger partial charge in [-0.1, -0.05) is 54.8 Å². The molecule has 1 fully saturated rings. The van der Waals surface area contributed by atoms with Gasteiger partial charge in [-0.3, -0.25) is 9.13 Å². The van der Waals surface area contributed by atoms with Crippen molar-refractivity contribution < 1.29 is 0 Å². The zero-order valence-electron chi connectivity index (χ0n) is 12.8. The van der Waals surface area contributed by atoms with Crippen LogP contribution in [0.2, 0.25) is 5.15 Å². The number of nitrogens with zero attached hydrogens (tertiary/aromatic N) is 3. The summed E-state index contributed by atoms with van der Waals surface area (Å²) >= 11 is 6.08. The van der Waals surface area contributed by atoms with Gasteiger partial charge in [0.15, 0.2) is 0 Å². The van der Waals surface area contributed by atoms with Gasteiger partial charge in [-0.25, -0.2) is 9.78 Å². The molecule has 0 aliphatic heterocycles. The Morgan fingerprint density at radius 2 is 1.87 bits per heavy atom. The number of pyridine rings is 1. The maximum Gasteiger partial charge on any atom is 0.329 e. The first-order valence-corrected chi connectivity index (χ1v) is 8.42. The van der Waals surface area contributed by atoms with Gasteiger partial charge >= 0.3 is 5.69 Å². The Labute approximate surface area is 139 Å². The monoisotopic (exact) mass is 327 g/mol. The average molecular weight is 328 g/mol. The van der Waals surface area contributed by atoms with Crippen LogP contribution in [0.15, 0.2) is 47.4 Å². The molecule has 1 aliphatic rings. The third kappa shape index (κ3) is 2.57. The summed E-state index contributed by atoms with van der Waals surface area (Å²) in [7, 11) is 0. The lowest BCUT2D eigenvalue weighted by Crippen LogP contribution is -2.27. The summed E-state index contributed by atoms with van der Waals surface area (Å²) in [5.74, 6) is 0. The van der Waals surface area contributed by atoms with Crippen molar-refractivity contribution in [3.05, 3.63) is 63.8 Å². The molecule has 2 aromatic heterocycles. The molecule has 1 saturated carbocycles. The third-order valence-electron chi connectivity index (χ3n) is 4.69. The fourth-order valence-corrected chi connectivity index (χ4v) is 3.74. The third-order valence-corrected chi connectivity index (χ3v) is 4.90. The zero-order valence-corrected chi connectivity index (χ0v) is 13.5. The Kier molecular flexibility index (Phi) is 3.69. The van der Waals surface area contributed by atoms with Gasteiger partial charge in [0.05, 0.1) is 23.8 Å². The molecular weight excluding hydrogens is 310 g/mol. The minimum Gasteiger partial charge on any atom is -0.289 e. The molecule has 0 spiro atoms. The smallest absolute Gasteiger partial charge is 0.289 e. The second kappa shape index (κ2) is 5.85. The van der Waals surface area contributed by atoms with Crippen LogP contribution in [0.5, 0.6) is 0 Å². The largest absolute Gasteiger partial charge is 0.329 e. The minimum absolute atomic E-state index is 0.0415. The van der Waals surface area contributed by atoms with E-state index in [0.29, 0.717) is 11.7 Å². The molecule has 5 heteroatoms. The van der Waals surface area contributed by atoms with Crippen LogP contribution in [0.3, 0.4) is 0 Å². The predicted molar refractivity (Wildman–Crippen MR) is 92.1 cm³/mol. The molecule has 0 saturated heterocycles. The Bertz CT molecular complexity index is 892. The number of benzene rings is 1. The summed E-state index contributed by atoms with van der Waals surface area (Å²) in [4.78, 5) is 17.2. The fraction of sp³-hybridized carbons (Fsp3) is 0.333. The maximum atomic E-state index is 13.0. The lowest BCUT2D eigenvalue weighted by atomic mass is 10.2. The van der Waals surface area contributed by atoms with Crippen molar-refractivity contribution in [1.82, 2.24) is 14.1 Å². The van der Waals surface area contributed by atoms with Crippen molar-refractivity contribution in [1.29, 1.82) is 0 Å². The molecule has 0 amide bonds. The quantitative estimate of drug-likeness (QED) is 0.682. The lowest BCUT2D eigenvalue weighted by molar-refractivity contribution is 0.505. The molecule has 1 aromatic carbocycles. The highest BCUT2D eigenvalue weighted by atomic mass is 35.5. The summed E-state index contributed by atoms with van der Waals surface area (Å²) in [5.41, 5.74) is 2.91. The van der Waals surface area contributed by atoms with Crippen LogP contribution in [0.4, 0.5) is 0 Å². The van der Waals surface area contributed by atoms with E-state index in [1.807, 2.05) is 45.5 Å². The SMILES string of the molecule is O=c1n(Cc2ccccc2)c2cnc(Cl)cc2n1C1CCCC1. The molecule has 0 bridgehead atoms. The van der Waals surface area contributed by atoms with Gasteiger partial charge in [-0.05, 0) is 18.4 Å². The molecule has 0 atom stereocenters. The number of fused-ring (bicyclic) bond motifs is 1. The van der Waals surface area contributed by atoms with E-state index in [2.05, 4.69) is 4.98 Å². The molecule has 118 valence electrons. The normalized spacial score (nSPS) is 15.5. The summed E-state index contributed by atoms with van der Waals surface area (Å²) in [5, 5.41) is 0.432. The van der Waals surface area contributed by atoms with Crippen LogP contribution in [-0.2, 0) is 6.54 Å². The number of aromatic nitrogens is 3. The average Bonchev–Trinajstić information content (AvgIpc) is 3.16. The first-order valence-electron chi connectivity index (χ1n) is 8.04. The van der Waals surface area contributed by atoms with Gasteiger partial charge < -0.3 is 0 Å². The predicted octanol–water partition coefficient (Wildman–Crippen LogP) is 4.01. The first kappa shape index (κ1) is 14.5. The van der Waals surface area contributed by atoms with E-state index < -0.39 is 0 Å². The Morgan fingerprint density at radius 1 is 1.13 bits per heavy atom. The van der Waals surface area contributed by atoms with Crippen molar-refractivity contribution >= 4 is 22.6 Å². The highest BCUT2D eigenvalue weighted by Gasteiger charge is 2.23. The second-order valence-electron chi connectivity index (χ2n) is 6.16. The molecule has 3 aromatic rings. The van der Waals surface area contributed by atoms with E-state index in [4.69, 9.17) is 11.6 Å². The van der Waals surface area contributed by atoms with E-state index in [1.165, 1.54) is 12.8 Å². The summed E-state index contributed by atoms with van der Waals surface area (Å²) in [6, 6.07) is 12.1. The van der Waals surface area contributed by atoms with Crippen LogP contribution in [0.25, 0.3) is 11.0 Å². The molecule has 23 heavy (non-hydrogen) atoms. The van der Waals surface area contributed by atoms with E-state index in [0.717, 1.165) is 29.4 Å². The molecule has 0 N–H and O–H groups in total. The summed E-state index contributed by atoms with van der Waals surface area (Å²) in [6.45, 7) is 0.555. The van der Waals surface area contributed by atoms with Gasteiger partial charge in [-0.2, -0.15) is 0 Å². The standard InChI is InChI=1S/C18H18ClN3O/c19-17-10-15-16(11-20-17)21(12-13-6-2-1-3-7-13)18(23)22(15)14-8-4-5-9-14/h1-3,6-7,10-11,14H,4-5,8-9,12H2. The van der Waals surface area contributed by atoms with Crippen LogP contribution in [-0.4, -0.2) is 14.1 Å². The van der Waals surface area contributed by atoms with E-state index in [1.54, 1.807) is 6.20 Å². The molecule has 2 heterocycles. The molecule has 0 unspecified atom stereocenters. The van der Waals surface area contributed by atoms with E-state index in [9.17, 15) is 4.79 Å². The van der Waals surface area contributed by atoms with Crippen molar-refractivity contribution in [2.24, 2.45) is 0 Å². The Morgan fingerprint density at radius 3 is 2.61 bits per heavy atom. The molecular formula is C18H18ClN3O. The fourth-order valence-electron chi connectivity index (χ4n) is 3.58. The van der Waals surface area contributed by atoms with Gasteiger partial charge in [0.2, 0.25) is 0 Å². The highest BCUT2D eigenvalue weighted by Crippen LogP contribution is 2.31. The highest BCUT2D eigenvalue weighted by molar-refractivity contribution is 6.29. The van der Waals surface area contributed by atoms with Gasteiger partial charge in [0.1, 0.15) is 5.15 Å². The maximum absolute atomic E-state index is 13.0. The Balaban J connectivity index is 1.90. The Hall–Kier alpha value is -2.07. The number of rotatable bonds is 3. The summed E-state index contributed by atoms with van der Waals surface area (Å²) < 4.78 is 3.74. The van der Waals surface area contributed by atoms with E-state index in [-0.39, 0.29) is 11.7 Å². The number of halogens is 1. The van der Waals surface area contributed by atoms with Gasteiger partial charge in [0.25, 0.3) is 0 Å². The molecule has 0 radical (unpaired) electrons. The second-order valence-corrected chi connectivity index (χ2v) is 6.55. The van der Waals surface area contributed by atoms with Crippen LogP contribution >= 0.6 is 11.6 Å². The number of hydrogen-bond acceptors (Lipinski definition) is 2. The van der Waals surface area contributed by atoms with Crippen LogP contribution in [0, 0.1) is 0 Å². The minimum atomic E-state index is 0.0415. The zero-order chi connectivity index (χ0) is 15.8. The van der Waals surface area contributed by atoms with Crippen molar-refractivity contribution in [2.45, 2.75) is 38.3 Å². The molecule has 4 rings (SSSR count). The van der Waals surface area contributed by atoms with Gasteiger partial charge in [0, 0.05) is 12.1 Å². The van der Waals surface area contributed by atoms with Gasteiger partial charge in [-0.15, -0.1) is 0 Å². The summed E-state index contributed by atoms with van der Waals surface area (Å²) in [6.07, 6.45) is 6.20.